The Labute approximate surface area is 131 Å². The summed E-state index contributed by atoms with van der Waals surface area (Å²) < 4.78 is 10.8. The number of nitrogens with one attached hydrogen (secondary N) is 1. The van der Waals surface area contributed by atoms with Gasteiger partial charge in [0.2, 0.25) is 0 Å². The van der Waals surface area contributed by atoms with Crippen LogP contribution in [0.25, 0.3) is 21.7 Å². The topological polar surface area (TPSA) is 68.5 Å². The number of ether oxygens (including phenoxy) is 1. The van der Waals surface area contributed by atoms with E-state index in [1.54, 1.807) is 24.3 Å². The summed E-state index contributed by atoms with van der Waals surface area (Å²) in [6, 6.07) is 12.2. The van der Waals surface area contributed by atoms with Gasteiger partial charge < -0.3 is 14.5 Å². The van der Waals surface area contributed by atoms with Crippen LogP contribution in [0.3, 0.4) is 0 Å². The molecular formula is C18H15NO4. The summed E-state index contributed by atoms with van der Waals surface area (Å²) in [6.45, 7) is 0.832. The minimum atomic E-state index is -0.394. The van der Waals surface area contributed by atoms with Gasteiger partial charge in [0.15, 0.2) is 0 Å². The summed E-state index contributed by atoms with van der Waals surface area (Å²) >= 11 is 0. The molecule has 0 amide bonds. The van der Waals surface area contributed by atoms with Crippen LogP contribution in [0.2, 0.25) is 0 Å². The number of hydrogen-bond donors (Lipinski definition) is 1. The molecule has 5 heteroatoms. The zero-order chi connectivity index (χ0) is 15.8. The molecule has 1 atom stereocenters. The van der Waals surface area contributed by atoms with E-state index in [0.29, 0.717) is 16.7 Å². The second-order valence-electron chi connectivity index (χ2n) is 5.66. The van der Waals surface area contributed by atoms with Crippen LogP contribution in [-0.2, 0) is 4.79 Å². The largest absolute Gasteiger partial charge is 0.425 e. The summed E-state index contributed by atoms with van der Waals surface area (Å²) in [6.07, 6.45) is 1.75. The van der Waals surface area contributed by atoms with E-state index in [4.69, 9.17) is 9.15 Å². The van der Waals surface area contributed by atoms with E-state index in [0.717, 1.165) is 30.2 Å². The number of benzene rings is 2. The van der Waals surface area contributed by atoms with Gasteiger partial charge in [-0.25, -0.2) is 9.59 Å². The standard InChI is InChI=1S/C18H15NO4/c20-17-14-5-2-1-4-12(14)13-8-7-11(10-16(13)23-17)22-18(21)15-6-3-9-19-15/h1-2,4-5,7-8,10,15,19H,3,6,9H2/t15-/m1/s1. The monoisotopic (exact) mass is 309 g/mol. The quantitative estimate of drug-likeness (QED) is 0.341. The minimum Gasteiger partial charge on any atom is -0.425 e. The Morgan fingerprint density at radius 1 is 1.13 bits per heavy atom. The van der Waals surface area contributed by atoms with Crippen molar-refractivity contribution in [3.63, 3.8) is 0 Å². The lowest BCUT2D eigenvalue weighted by Gasteiger charge is -2.10. The van der Waals surface area contributed by atoms with Crippen LogP contribution in [0.1, 0.15) is 12.8 Å². The average molecular weight is 309 g/mol. The third-order valence-corrected chi connectivity index (χ3v) is 4.16. The molecule has 0 aliphatic carbocycles. The van der Waals surface area contributed by atoms with Crippen LogP contribution in [0.4, 0.5) is 0 Å². The van der Waals surface area contributed by atoms with Crippen molar-refractivity contribution in [3.05, 3.63) is 52.9 Å². The van der Waals surface area contributed by atoms with Gasteiger partial charge in [-0.3, -0.25) is 0 Å². The Morgan fingerprint density at radius 2 is 1.96 bits per heavy atom. The smallest absolute Gasteiger partial charge is 0.344 e. The Kier molecular flexibility index (Phi) is 3.35. The first kappa shape index (κ1) is 14.0. The third-order valence-electron chi connectivity index (χ3n) is 4.16. The van der Waals surface area contributed by atoms with Crippen LogP contribution in [-0.4, -0.2) is 18.6 Å². The molecule has 0 spiro atoms. The first-order valence-electron chi connectivity index (χ1n) is 7.63. The lowest BCUT2D eigenvalue weighted by molar-refractivity contribution is -0.136. The number of carbonyl (C=O) groups excluding carboxylic acids is 1. The number of hydrogen-bond acceptors (Lipinski definition) is 5. The molecule has 1 aliphatic heterocycles. The van der Waals surface area contributed by atoms with Crippen LogP contribution >= 0.6 is 0 Å². The fraction of sp³-hybridized carbons (Fsp3) is 0.222. The molecule has 1 N–H and O–H groups in total. The summed E-state index contributed by atoms with van der Waals surface area (Å²) in [5.74, 6) is 0.0830. The number of rotatable bonds is 2. The number of esters is 1. The molecule has 3 aromatic rings. The second kappa shape index (κ2) is 5.52. The minimum absolute atomic E-state index is 0.255. The molecule has 1 aromatic heterocycles. The molecule has 4 rings (SSSR count). The van der Waals surface area contributed by atoms with Gasteiger partial charge >= 0.3 is 11.6 Å². The maximum atomic E-state index is 12.1. The van der Waals surface area contributed by atoms with Gasteiger partial charge in [0.25, 0.3) is 0 Å². The Morgan fingerprint density at radius 3 is 2.74 bits per heavy atom. The molecule has 0 bridgehead atoms. The Balaban J connectivity index is 1.74. The van der Waals surface area contributed by atoms with E-state index < -0.39 is 5.63 Å². The average Bonchev–Trinajstić information content (AvgIpc) is 3.09. The van der Waals surface area contributed by atoms with Crippen molar-refractivity contribution < 1.29 is 13.9 Å². The Bertz CT molecular complexity index is 954. The van der Waals surface area contributed by atoms with Gasteiger partial charge in [-0.05, 0) is 43.0 Å². The van der Waals surface area contributed by atoms with Crippen molar-refractivity contribution in [2.24, 2.45) is 0 Å². The summed E-state index contributed by atoms with van der Waals surface area (Å²) in [5.41, 5.74) is 0.0208. The maximum absolute atomic E-state index is 12.1. The molecule has 2 aromatic carbocycles. The van der Waals surface area contributed by atoms with E-state index in [9.17, 15) is 9.59 Å². The first-order valence-corrected chi connectivity index (χ1v) is 7.63. The van der Waals surface area contributed by atoms with E-state index in [1.165, 1.54) is 0 Å². The highest BCUT2D eigenvalue weighted by Gasteiger charge is 2.24. The van der Waals surface area contributed by atoms with Crippen molar-refractivity contribution in [1.29, 1.82) is 0 Å². The molecule has 116 valence electrons. The number of fused-ring (bicyclic) bond motifs is 3. The van der Waals surface area contributed by atoms with Crippen molar-refractivity contribution in [3.8, 4) is 5.75 Å². The highest BCUT2D eigenvalue weighted by atomic mass is 16.5. The predicted molar refractivity (Wildman–Crippen MR) is 86.6 cm³/mol. The van der Waals surface area contributed by atoms with Gasteiger partial charge in [-0.1, -0.05) is 18.2 Å². The molecule has 5 nitrogen and oxygen atoms in total. The molecule has 0 saturated carbocycles. The zero-order valence-corrected chi connectivity index (χ0v) is 12.4. The zero-order valence-electron chi connectivity index (χ0n) is 12.4. The Hall–Kier alpha value is -2.66. The van der Waals surface area contributed by atoms with Crippen molar-refractivity contribution in [2.45, 2.75) is 18.9 Å². The predicted octanol–water partition coefficient (Wildman–Crippen LogP) is 2.60. The lowest BCUT2D eigenvalue weighted by atomic mass is 10.1. The van der Waals surface area contributed by atoms with Crippen molar-refractivity contribution in [1.82, 2.24) is 5.32 Å². The van der Waals surface area contributed by atoms with E-state index >= 15 is 0 Å². The van der Waals surface area contributed by atoms with Gasteiger partial charge in [-0.15, -0.1) is 0 Å². The molecule has 0 radical (unpaired) electrons. The van der Waals surface area contributed by atoms with E-state index in [1.807, 2.05) is 18.2 Å². The van der Waals surface area contributed by atoms with Crippen molar-refractivity contribution in [2.75, 3.05) is 6.54 Å². The van der Waals surface area contributed by atoms with Crippen LogP contribution in [0.15, 0.2) is 51.7 Å². The fourth-order valence-corrected chi connectivity index (χ4v) is 3.00. The van der Waals surface area contributed by atoms with E-state index in [2.05, 4.69) is 5.32 Å². The van der Waals surface area contributed by atoms with Gasteiger partial charge in [0.1, 0.15) is 17.4 Å². The normalized spacial score (nSPS) is 17.7. The molecular weight excluding hydrogens is 294 g/mol. The SMILES string of the molecule is O=C(Oc1ccc2c(c1)oc(=O)c1ccccc12)[C@H]1CCCN1. The van der Waals surface area contributed by atoms with Crippen LogP contribution < -0.4 is 15.7 Å². The number of carbonyl (C=O) groups is 1. The summed E-state index contributed by atoms with van der Waals surface area (Å²) in [7, 11) is 0. The van der Waals surface area contributed by atoms with Crippen molar-refractivity contribution >= 4 is 27.7 Å². The molecule has 23 heavy (non-hydrogen) atoms. The van der Waals surface area contributed by atoms with E-state index in [-0.39, 0.29) is 12.0 Å². The fourth-order valence-electron chi connectivity index (χ4n) is 3.00. The van der Waals surface area contributed by atoms with Crippen LogP contribution in [0, 0.1) is 0 Å². The molecule has 1 aliphatic rings. The molecule has 1 fully saturated rings. The molecule has 2 heterocycles. The first-order chi connectivity index (χ1) is 11.2. The van der Waals surface area contributed by atoms with Gasteiger partial charge in [0.05, 0.1) is 5.39 Å². The second-order valence-corrected chi connectivity index (χ2v) is 5.66. The van der Waals surface area contributed by atoms with Crippen LogP contribution in [0.5, 0.6) is 5.75 Å². The highest BCUT2D eigenvalue weighted by Crippen LogP contribution is 2.26. The summed E-state index contributed by atoms with van der Waals surface area (Å²) in [5, 5.41) is 5.29. The molecule has 0 unspecified atom stereocenters. The highest BCUT2D eigenvalue weighted by molar-refractivity contribution is 6.04. The summed E-state index contributed by atoms with van der Waals surface area (Å²) in [4.78, 5) is 24.1. The van der Waals surface area contributed by atoms with Gasteiger partial charge in [0, 0.05) is 11.5 Å². The lowest BCUT2D eigenvalue weighted by Crippen LogP contribution is -2.34. The van der Waals surface area contributed by atoms with Gasteiger partial charge in [-0.2, -0.15) is 0 Å². The third kappa shape index (κ3) is 2.49. The molecule has 1 saturated heterocycles. The maximum Gasteiger partial charge on any atom is 0.344 e.